The zero-order valence-corrected chi connectivity index (χ0v) is 11.9. The Morgan fingerprint density at radius 2 is 2.32 bits per heavy atom. The van der Waals surface area contributed by atoms with Gasteiger partial charge in [0, 0.05) is 19.8 Å². The molecule has 6 nitrogen and oxygen atoms in total. The molecule has 1 rings (SSSR count). The molecule has 112 valence electrons. The quantitative estimate of drug-likeness (QED) is 0.529. The lowest BCUT2D eigenvalue weighted by Crippen LogP contribution is -2.48. The van der Waals surface area contributed by atoms with Crippen molar-refractivity contribution in [1.29, 1.82) is 0 Å². The van der Waals surface area contributed by atoms with Crippen LogP contribution in [0, 0.1) is 5.92 Å². The van der Waals surface area contributed by atoms with Gasteiger partial charge in [-0.2, -0.15) is 0 Å². The van der Waals surface area contributed by atoms with E-state index in [1.807, 2.05) is 0 Å². The van der Waals surface area contributed by atoms with E-state index in [1.54, 1.807) is 7.11 Å². The predicted molar refractivity (Wildman–Crippen MR) is 71.9 cm³/mol. The first-order chi connectivity index (χ1) is 9.22. The van der Waals surface area contributed by atoms with Crippen molar-refractivity contribution in [3.05, 3.63) is 0 Å². The number of ether oxygens (including phenoxy) is 2. The van der Waals surface area contributed by atoms with Gasteiger partial charge in [-0.3, -0.25) is 4.79 Å². The minimum Gasteiger partial charge on any atom is -0.396 e. The average molecular weight is 274 g/mol. The molecule has 0 aliphatic carbocycles. The molecule has 0 aromatic carbocycles. The van der Waals surface area contributed by atoms with Gasteiger partial charge in [0.1, 0.15) is 0 Å². The largest absolute Gasteiger partial charge is 0.396 e. The summed E-state index contributed by atoms with van der Waals surface area (Å²) in [5.74, 6) is -0.189. The lowest BCUT2D eigenvalue weighted by molar-refractivity contribution is -0.126. The van der Waals surface area contributed by atoms with Crippen LogP contribution in [0.3, 0.4) is 0 Å². The fourth-order valence-corrected chi connectivity index (χ4v) is 2.21. The molecule has 6 heteroatoms. The van der Waals surface area contributed by atoms with Crippen molar-refractivity contribution in [3.8, 4) is 0 Å². The summed E-state index contributed by atoms with van der Waals surface area (Å²) in [5.41, 5.74) is 0. The molecular formula is C13H26N2O4. The van der Waals surface area contributed by atoms with Crippen molar-refractivity contribution in [3.63, 3.8) is 0 Å². The second-order valence-corrected chi connectivity index (χ2v) is 4.88. The lowest BCUT2D eigenvalue weighted by atomic mass is 10.0. The summed E-state index contributed by atoms with van der Waals surface area (Å²) in [4.78, 5) is 12.2. The van der Waals surface area contributed by atoms with Gasteiger partial charge in [-0.1, -0.05) is 6.92 Å². The fraction of sp³-hybridized carbons (Fsp3) is 0.923. The molecule has 1 aliphatic rings. The Bertz CT molecular complexity index is 257. The molecule has 1 saturated heterocycles. The summed E-state index contributed by atoms with van der Waals surface area (Å²) in [5, 5.41) is 15.2. The minimum atomic E-state index is -0.162. The first-order valence-electron chi connectivity index (χ1n) is 6.94. The monoisotopic (exact) mass is 274 g/mol. The van der Waals surface area contributed by atoms with Gasteiger partial charge in [0.05, 0.1) is 31.8 Å². The number of hydrogen-bond donors (Lipinski definition) is 3. The third-order valence-corrected chi connectivity index (χ3v) is 3.27. The van der Waals surface area contributed by atoms with E-state index < -0.39 is 0 Å². The molecule has 0 saturated carbocycles. The maximum absolute atomic E-state index is 12.2. The maximum Gasteiger partial charge on any atom is 0.227 e. The van der Waals surface area contributed by atoms with Gasteiger partial charge in [-0.05, 0) is 19.4 Å². The van der Waals surface area contributed by atoms with Crippen LogP contribution < -0.4 is 10.6 Å². The van der Waals surface area contributed by atoms with Crippen molar-refractivity contribution in [2.45, 2.75) is 31.8 Å². The van der Waals surface area contributed by atoms with Crippen LogP contribution in [-0.4, -0.2) is 63.2 Å². The standard InChI is InChI=1S/C13H26N2O4/c1-3-5-14-12-9-19-8-11(12)13(17)15-10(4-6-16)7-18-2/h10-12,14,16H,3-9H2,1-2H3,(H,15,17). The van der Waals surface area contributed by atoms with E-state index in [9.17, 15) is 4.79 Å². The van der Waals surface area contributed by atoms with Crippen molar-refractivity contribution >= 4 is 5.91 Å². The van der Waals surface area contributed by atoms with Gasteiger partial charge in [0.15, 0.2) is 0 Å². The molecule has 1 fully saturated rings. The highest BCUT2D eigenvalue weighted by Gasteiger charge is 2.34. The lowest BCUT2D eigenvalue weighted by Gasteiger charge is -2.22. The summed E-state index contributed by atoms with van der Waals surface area (Å²) in [6, 6.07) is -0.0628. The number of nitrogens with one attached hydrogen (secondary N) is 2. The van der Waals surface area contributed by atoms with E-state index in [1.165, 1.54) is 0 Å². The molecule has 0 aromatic heterocycles. The topological polar surface area (TPSA) is 79.8 Å². The molecule has 0 aromatic rings. The normalized spacial score (nSPS) is 24.4. The van der Waals surface area contributed by atoms with E-state index in [-0.39, 0.29) is 30.5 Å². The van der Waals surface area contributed by atoms with Gasteiger partial charge in [-0.15, -0.1) is 0 Å². The van der Waals surface area contributed by atoms with Gasteiger partial charge in [-0.25, -0.2) is 0 Å². The van der Waals surface area contributed by atoms with Gasteiger partial charge < -0.3 is 25.2 Å². The van der Waals surface area contributed by atoms with E-state index in [4.69, 9.17) is 14.6 Å². The fourth-order valence-electron chi connectivity index (χ4n) is 2.21. The maximum atomic E-state index is 12.2. The summed E-state index contributed by atoms with van der Waals surface area (Å²) in [7, 11) is 1.58. The molecule has 1 aliphatic heterocycles. The van der Waals surface area contributed by atoms with Crippen molar-refractivity contribution in [1.82, 2.24) is 10.6 Å². The number of rotatable bonds is 9. The summed E-state index contributed by atoms with van der Waals surface area (Å²) in [6.45, 7) is 4.45. The number of aliphatic hydroxyl groups is 1. The first kappa shape index (κ1) is 16.4. The zero-order chi connectivity index (χ0) is 14.1. The molecule has 0 radical (unpaired) electrons. The van der Waals surface area contributed by atoms with Crippen LogP contribution in [0.5, 0.6) is 0 Å². The molecule has 19 heavy (non-hydrogen) atoms. The molecule has 3 unspecified atom stereocenters. The molecule has 0 bridgehead atoms. The van der Waals surface area contributed by atoms with E-state index in [0.29, 0.717) is 26.2 Å². The first-order valence-corrected chi connectivity index (χ1v) is 6.94. The Balaban J connectivity index is 2.45. The second kappa shape index (κ2) is 9.25. The molecule has 3 N–H and O–H groups in total. The van der Waals surface area contributed by atoms with Crippen LogP contribution in [-0.2, 0) is 14.3 Å². The van der Waals surface area contributed by atoms with Crippen LogP contribution in [0.25, 0.3) is 0 Å². The Kier molecular flexibility index (Phi) is 7.97. The summed E-state index contributed by atoms with van der Waals surface area (Å²) in [6.07, 6.45) is 1.53. The molecular weight excluding hydrogens is 248 g/mol. The van der Waals surface area contributed by atoms with Crippen molar-refractivity contribution in [2.75, 3.05) is 40.1 Å². The van der Waals surface area contributed by atoms with Crippen LogP contribution in [0.15, 0.2) is 0 Å². The number of amides is 1. The highest BCUT2D eigenvalue weighted by Crippen LogP contribution is 2.14. The number of methoxy groups -OCH3 is 1. The molecule has 3 atom stereocenters. The van der Waals surface area contributed by atoms with Gasteiger partial charge in [0.25, 0.3) is 0 Å². The highest BCUT2D eigenvalue weighted by molar-refractivity contribution is 5.80. The Morgan fingerprint density at radius 3 is 2.95 bits per heavy atom. The highest BCUT2D eigenvalue weighted by atomic mass is 16.5. The van der Waals surface area contributed by atoms with Gasteiger partial charge in [0.2, 0.25) is 5.91 Å². The smallest absolute Gasteiger partial charge is 0.227 e. The third-order valence-electron chi connectivity index (χ3n) is 3.27. The number of carbonyl (C=O) groups excluding carboxylic acids is 1. The van der Waals surface area contributed by atoms with Gasteiger partial charge >= 0.3 is 0 Å². The van der Waals surface area contributed by atoms with Crippen molar-refractivity contribution in [2.24, 2.45) is 5.92 Å². The minimum absolute atomic E-state index is 0.0263. The second-order valence-electron chi connectivity index (χ2n) is 4.88. The number of hydrogen-bond acceptors (Lipinski definition) is 5. The van der Waals surface area contributed by atoms with Crippen LogP contribution >= 0.6 is 0 Å². The molecule has 0 spiro atoms. The number of aliphatic hydroxyl groups excluding tert-OH is 1. The van der Waals surface area contributed by atoms with Crippen LogP contribution in [0.4, 0.5) is 0 Å². The van der Waals surface area contributed by atoms with E-state index in [0.717, 1.165) is 13.0 Å². The van der Waals surface area contributed by atoms with Crippen LogP contribution in [0.1, 0.15) is 19.8 Å². The third kappa shape index (κ3) is 5.44. The average Bonchev–Trinajstić information content (AvgIpc) is 2.85. The molecule has 1 heterocycles. The summed E-state index contributed by atoms with van der Waals surface area (Å²) < 4.78 is 10.4. The summed E-state index contributed by atoms with van der Waals surface area (Å²) >= 11 is 0. The predicted octanol–water partition coefficient (Wildman–Crippen LogP) is -0.485. The Morgan fingerprint density at radius 1 is 1.53 bits per heavy atom. The van der Waals surface area contributed by atoms with Crippen LogP contribution in [0.2, 0.25) is 0 Å². The molecule has 1 amide bonds. The zero-order valence-electron chi connectivity index (χ0n) is 11.9. The van der Waals surface area contributed by atoms with E-state index in [2.05, 4.69) is 17.6 Å². The Hall–Kier alpha value is -0.690. The van der Waals surface area contributed by atoms with Crippen molar-refractivity contribution < 1.29 is 19.4 Å². The Labute approximate surface area is 114 Å². The van der Waals surface area contributed by atoms with E-state index >= 15 is 0 Å². The SMILES string of the molecule is CCCNC1COCC1C(=O)NC(CCO)COC. The number of carbonyl (C=O) groups is 1.